The molecule has 0 spiro atoms. The third-order valence-corrected chi connectivity index (χ3v) is 5.64. The summed E-state index contributed by atoms with van der Waals surface area (Å²) in [5, 5.41) is 0. The van der Waals surface area contributed by atoms with E-state index in [2.05, 4.69) is 33.8 Å². The quantitative estimate of drug-likeness (QED) is 0.778. The molecule has 2 aliphatic rings. The van der Waals surface area contributed by atoms with E-state index >= 15 is 0 Å². The molecule has 1 heterocycles. The minimum Gasteiger partial charge on any atom is -0.339 e. The highest BCUT2D eigenvalue weighted by atomic mass is 19.1. The zero-order valence-corrected chi connectivity index (χ0v) is 16.0. The minimum atomic E-state index is -0.411. The molecule has 1 saturated carbocycles. The number of carbonyl (C=O) groups excluding carboxylic acids is 2. The van der Waals surface area contributed by atoms with Crippen LogP contribution in [0.5, 0.6) is 0 Å². The van der Waals surface area contributed by atoms with Crippen molar-refractivity contribution in [1.82, 2.24) is 9.80 Å². The van der Waals surface area contributed by atoms with Crippen molar-refractivity contribution in [3.63, 3.8) is 0 Å². The van der Waals surface area contributed by atoms with Crippen molar-refractivity contribution in [1.29, 1.82) is 0 Å². The molecule has 0 radical (unpaired) electrons. The summed E-state index contributed by atoms with van der Waals surface area (Å²) >= 11 is 0. The average Bonchev–Trinajstić information content (AvgIpc) is 3.13. The first-order valence-electron chi connectivity index (χ1n) is 9.20. The van der Waals surface area contributed by atoms with E-state index in [9.17, 15) is 14.0 Å². The largest absolute Gasteiger partial charge is 0.339 e. The Balaban J connectivity index is 1.60. The molecule has 0 aromatic heterocycles. The molecule has 140 valence electrons. The number of halogens is 1. The second-order valence-corrected chi connectivity index (χ2v) is 8.20. The molecular weight excluding hydrogens is 331 g/mol. The molecule has 1 aliphatic carbocycles. The first-order chi connectivity index (χ1) is 12.2. The van der Waals surface area contributed by atoms with Gasteiger partial charge in [0.15, 0.2) is 0 Å². The highest BCUT2D eigenvalue weighted by Gasteiger charge is 2.61. The van der Waals surface area contributed by atoms with Crippen LogP contribution in [0.2, 0.25) is 0 Å². The van der Waals surface area contributed by atoms with E-state index in [0.717, 1.165) is 0 Å². The van der Waals surface area contributed by atoms with Crippen LogP contribution in [0.25, 0.3) is 0 Å². The molecule has 26 heavy (non-hydrogen) atoms. The van der Waals surface area contributed by atoms with Gasteiger partial charge in [-0.2, -0.15) is 0 Å². The summed E-state index contributed by atoms with van der Waals surface area (Å²) in [6, 6.07) is 5.75. The fourth-order valence-corrected chi connectivity index (χ4v) is 3.95. The smallest absolute Gasteiger partial charge is 0.254 e. The Morgan fingerprint density at radius 1 is 1.12 bits per heavy atom. The van der Waals surface area contributed by atoms with Crippen LogP contribution in [0.4, 0.5) is 4.39 Å². The van der Waals surface area contributed by atoms with Gasteiger partial charge in [0, 0.05) is 31.7 Å². The van der Waals surface area contributed by atoms with Gasteiger partial charge in [0.25, 0.3) is 5.91 Å². The summed E-state index contributed by atoms with van der Waals surface area (Å²) in [6.07, 6.45) is 2.20. The lowest BCUT2D eigenvalue weighted by molar-refractivity contribution is -0.135. The van der Waals surface area contributed by atoms with Gasteiger partial charge in [0.1, 0.15) is 5.82 Å². The zero-order chi connectivity index (χ0) is 19.1. The maximum Gasteiger partial charge on any atom is 0.254 e. The first kappa shape index (κ1) is 18.6. The number of rotatable bonds is 3. The maximum absolute atomic E-state index is 13.3. The van der Waals surface area contributed by atoms with Crippen LogP contribution in [0.15, 0.2) is 35.9 Å². The molecular formula is C21H27FN2O2. The number of hydrogen-bond acceptors (Lipinski definition) is 2. The Morgan fingerprint density at radius 3 is 2.31 bits per heavy atom. The van der Waals surface area contributed by atoms with Crippen molar-refractivity contribution < 1.29 is 14.0 Å². The maximum atomic E-state index is 13.3. The molecule has 1 aromatic rings. The minimum absolute atomic E-state index is 0.00285. The van der Waals surface area contributed by atoms with Gasteiger partial charge in [0.05, 0.1) is 5.92 Å². The number of nitrogens with zero attached hydrogens (tertiary/aromatic N) is 2. The Hall–Kier alpha value is -2.17. The SMILES string of the molecule is CC(C)=CC1C(C(=O)N2CCN(C(=O)c3cccc(F)c3)CC2)C1(C)C. The molecule has 3 rings (SSSR count). The molecule has 1 saturated heterocycles. The Bertz CT molecular complexity index is 744. The molecule has 0 bridgehead atoms. The third-order valence-electron chi connectivity index (χ3n) is 5.64. The number of carbonyl (C=O) groups is 2. The Kier molecular flexibility index (Phi) is 4.91. The summed E-state index contributed by atoms with van der Waals surface area (Å²) in [6.45, 7) is 10.5. The monoisotopic (exact) mass is 358 g/mol. The highest BCUT2D eigenvalue weighted by Crippen LogP contribution is 2.60. The summed E-state index contributed by atoms with van der Waals surface area (Å²) in [4.78, 5) is 29.0. The number of piperazine rings is 1. The van der Waals surface area contributed by atoms with Crippen molar-refractivity contribution >= 4 is 11.8 Å². The molecule has 0 N–H and O–H groups in total. The van der Waals surface area contributed by atoms with Crippen LogP contribution < -0.4 is 0 Å². The third kappa shape index (κ3) is 3.53. The van der Waals surface area contributed by atoms with Gasteiger partial charge in [0.2, 0.25) is 5.91 Å². The molecule has 1 aromatic carbocycles. The lowest BCUT2D eigenvalue weighted by Gasteiger charge is -2.35. The van der Waals surface area contributed by atoms with Crippen LogP contribution >= 0.6 is 0 Å². The Morgan fingerprint density at radius 2 is 1.73 bits per heavy atom. The van der Waals surface area contributed by atoms with Gasteiger partial charge in [-0.05, 0) is 43.4 Å². The van der Waals surface area contributed by atoms with Crippen LogP contribution in [-0.4, -0.2) is 47.8 Å². The van der Waals surface area contributed by atoms with E-state index in [-0.39, 0.29) is 23.1 Å². The predicted octanol–water partition coefficient (Wildman–Crippen LogP) is 3.35. The van der Waals surface area contributed by atoms with Gasteiger partial charge in [-0.25, -0.2) is 4.39 Å². The van der Waals surface area contributed by atoms with Crippen LogP contribution in [-0.2, 0) is 4.79 Å². The van der Waals surface area contributed by atoms with E-state index in [1.807, 2.05) is 4.90 Å². The fourth-order valence-electron chi connectivity index (χ4n) is 3.95. The highest BCUT2D eigenvalue weighted by molar-refractivity contribution is 5.94. The van der Waals surface area contributed by atoms with Gasteiger partial charge in [-0.1, -0.05) is 31.6 Å². The van der Waals surface area contributed by atoms with E-state index in [1.165, 1.54) is 17.7 Å². The van der Waals surface area contributed by atoms with Crippen LogP contribution in [0, 0.1) is 23.1 Å². The van der Waals surface area contributed by atoms with Gasteiger partial charge < -0.3 is 9.80 Å². The van der Waals surface area contributed by atoms with E-state index in [0.29, 0.717) is 37.7 Å². The second kappa shape index (κ2) is 6.86. The van der Waals surface area contributed by atoms with Crippen molar-refractivity contribution in [3.8, 4) is 0 Å². The van der Waals surface area contributed by atoms with E-state index < -0.39 is 5.82 Å². The number of amides is 2. The van der Waals surface area contributed by atoms with Crippen molar-refractivity contribution in [3.05, 3.63) is 47.3 Å². The first-order valence-corrected chi connectivity index (χ1v) is 9.20. The molecule has 4 nitrogen and oxygen atoms in total. The molecule has 2 amide bonds. The second-order valence-electron chi connectivity index (χ2n) is 8.20. The topological polar surface area (TPSA) is 40.6 Å². The summed E-state index contributed by atoms with van der Waals surface area (Å²) in [5.74, 6) is -0.0677. The molecule has 1 aliphatic heterocycles. The van der Waals surface area contributed by atoms with Gasteiger partial charge in [-0.3, -0.25) is 9.59 Å². The normalized spacial score (nSPS) is 24.2. The summed E-state index contributed by atoms with van der Waals surface area (Å²) in [5.41, 5.74) is 1.60. The lowest BCUT2D eigenvalue weighted by Crippen LogP contribution is -2.51. The van der Waals surface area contributed by atoms with E-state index in [4.69, 9.17) is 0 Å². The number of benzene rings is 1. The average molecular weight is 358 g/mol. The lowest BCUT2D eigenvalue weighted by atomic mass is 10.1. The van der Waals surface area contributed by atoms with Gasteiger partial charge >= 0.3 is 0 Å². The van der Waals surface area contributed by atoms with Crippen LogP contribution in [0.3, 0.4) is 0 Å². The molecule has 2 unspecified atom stereocenters. The fraction of sp³-hybridized carbons (Fsp3) is 0.524. The summed E-state index contributed by atoms with van der Waals surface area (Å²) in [7, 11) is 0. The van der Waals surface area contributed by atoms with Crippen molar-refractivity contribution in [2.24, 2.45) is 17.3 Å². The standard InChI is InChI=1S/C21H27FN2O2/c1-14(2)12-17-18(21(17,3)4)20(26)24-10-8-23(9-11-24)19(25)15-6-5-7-16(22)13-15/h5-7,12-13,17-18H,8-11H2,1-4H3. The van der Waals surface area contributed by atoms with Crippen LogP contribution in [0.1, 0.15) is 38.1 Å². The van der Waals surface area contributed by atoms with Crippen molar-refractivity contribution in [2.75, 3.05) is 26.2 Å². The number of allylic oxidation sites excluding steroid dienone is 2. The van der Waals surface area contributed by atoms with Gasteiger partial charge in [-0.15, -0.1) is 0 Å². The number of hydrogen-bond donors (Lipinski definition) is 0. The predicted molar refractivity (Wildman–Crippen MR) is 99.1 cm³/mol. The molecule has 2 fully saturated rings. The summed E-state index contributed by atoms with van der Waals surface area (Å²) < 4.78 is 13.3. The van der Waals surface area contributed by atoms with Crippen molar-refractivity contribution in [2.45, 2.75) is 27.7 Å². The molecule has 5 heteroatoms. The molecule has 2 atom stereocenters. The van der Waals surface area contributed by atoms with E-state index in [1.54, 1.807) is 17.0 Å². The zero-order valence-electron chi connectivity index (χ0n) is 16.0. The Labute approximate surface area is 154 Å².